The fraction of sp³-hybridized carbons (Fsp3) is 0.667. The van der Waals surface area contributed by atoms with Crippen LogP contribution in [0.4, 0.5) is 4.79 Å². The highest BCUT2D eigenvalue weighted by Gasteiger charge is 2.29. The molecule has 1 aliphatic rings. The van der Waals surface area contributed by atoms with E-state index in [4.69, 9.17) is 9.47 Å². The first-order valence-electron chi connectivity index (χ1n) is 5.63. The highest BCUT2D eigenvalue weighted by Crippen LogP contribution is 2.15. The number of carbonyl (C=O) groups is 2. The number of nitrogens with zero attached hydrogens (tertiary/aromatic N) is 1. The van der Waals surface area contributed by atoms with Crippen LogP contribution in [0.2, 0.25) is 0 Å². The molecule has 0 aromatic carbocycles. The maximum atomic E-state index is 11.9. The number of morpholine rings is 1. The van der Waals surface area contributed by atoms with Crippen molar-refractivity contribution in [3.8, 4) is 0 Å². The van der Waals surface area contributed by atoms with E-state index in [1.165, 1.54) is 6.08 Å². The van der Waals surface area contributed by atoms with Crippen LogP contribution in [-0.4, -0.2) is 48.7 Å². The van der Waals surface area contributed by atoms with E-state index in [9.17, 15) is 9.59 Å². The monoisotopic (exact) mass is 241 g/mol. The molecule has 0 aromatic heterocycles. The molecule has 1 unspecified atom stereocenters. The number of hydrogen-bond acceptors (Lipinski definition) is 4. The quantitative estimate of drug-likeness (QED) is 0.541. The van der Waals surface area contributed by atoms with Crippen LogP contribution in [0, 0.1) is 0 Å². The number of amides is 1. The van der Waals surface area contributed by atoms with Crippen molar-refractivity contribution in [1.82, 2.24) is 4.90 Å². The van der Waals surface area contributed by atoms with Crippen LogP contribution in [0.3, 0.4) is 0 Å². The lowest BCUT2D eigenvalue weighted by Gasteiger charge is -2.35. The van der Waals surface area contributed by atoms with Crippen LogP contribution >= 0.6 is 0 Å². The summed E-state index contributed by atoms with van der Waals surface area (Å²) in [6.07, 6.45) is 3.33. The van der Waals surface area contributed by atoms with Gasteiger partial charge in [-0.25, -0.2) is 4.79 Å². The summed E-state index contributed by atoms with van der Waals surface area (Å²) < 4.78 is 10.6. The Hall–Kier alpha value is -1.36. The predicted molar refractivity (Wildman–Crippen MR) is 62.8 cm³/mol. The summed E-state index contributed by atoms with van der Waals surface area (Å²) in [5.74, 6) is 0. The summed E-state index contributed by atoms with van der Waals surface area (Å²) in [4.78, 5) is 23.8. The molecular formula is C12H19NO4. The molecule has 0 aromatic rings. The second-order valence-corrected chi connectivity index (χ2v) is 4.84. The van der Waals surface area contributed by atoms with Crippen LogP contribution in [0.1, 0.15) is 20.8 Å². The Morgan fingerprint density at radius 1 is 1.47 bits per heavy atom. The fourth-order valence-corrected chi connectivity index (χ4v) is 1.50. The van der Waals surface area contributed by atoms with Gasteiger partial charge in [0.05, 0.1) is 19.3 Å². The maximum Gasteiger partial charge on any atom is 0.410 e. The molecule has 0 saturated carbocycles. The minimum Gasteiger partial charge on any atom is -0.444 e. The zero-order valence-electron chi connectivity index (χ0n) is 10.5. The van der Waals surface area contributed by atoms with Crippen molar-refractivity contribution < 1.29 is 19.1 Å². The first kappa shape index (κ1) is 13.7. The van der Waals surface area contributed by atoms with Crippen LogP contribution in [0.5, 0.6) is 0 Å². The number of carbonyl (C=O) groups excluding carboxylic acids is 2. The lowest BCUT2D eigenvalue weighted by Crippen LogP contribution is -2.49. The highest BCUT2D eigenvalue weighted by atomic mass is 16.6. The molecule has 1 aliphatic heterocycles. The molecule has 0 radical (unpaired) electrons. The first-order chi connectivity index (χ1) is 7.94. The van der Waals surface area contributed by atoms with Gasteiger partial charge in [-0.05, 0) is 26.8 Å². The van der Waals surface area contributed by atoms with Gasteiger partial charge in [0.15, 0.2) is 0 Å². The minimum absolute atomic E-state index is 0.233. The standard InChI is InChI=1S/C12H19NO4/c1-12(2,3)17-11(15)13-6-8-16-9-10(13)5-4-7-14/h4-5,7,10H,6,8-9H2,1-3H3/b5-4+. The SMILES string of the molecule is CC(C)(C)OC(=O)N1CCOCC1/C=C/C=O. The highest BCUT2D eigenvalue weighted by molar-refractivity contribution is 5.70. The van der Waals surface area contributed by atoms with Gasteiger partial charge in [-0.3, -0.25) is 9.69 Å². The molecule has 0 spiro atoms. The smallest absolute Gasteiger partial charge is 0.410 e. The van der Waals surface area contributed by atoms with E-state index in [1.807, 2.05) is 20.8 Å². The Morgan fingerprint density at radius 3 is 2.76 bits per heavy atom. The number of rotatable bonds is 2. The predicted octanol–water partition coefficient (Wildman–Crippen LogP) is 1.38. The third-order valence-electron chi connectivity index (χ3n) is 2.21. The van der Waals surface area contributed by atoms with Crippen molar-refractivity contribution in [1.29, 1.82) is 0 Å². The van der Waals surface area contributed by atoms with Crippen molar-refractivity contribution in [3.05, 3.63) is 12.2 Å². The van der Waals surface area contributed by atoms with Crippen molar-refractivity contribution in [2.45, 2.75) is 32.4 Å². The summed E-state index contributed by atoms with van der Waals surface area (Å²) in [5, 5.41) is 0. The molecular weight excluding hydrogens is 222 g/mol. The molecule has 0 N–H and O–H groups in total. The Bertz CT molecular complexity index is 306. The van der Waals surface area contributed by atoms with E-state index in [-0.39, 0.29) is 12.1 Å². The van der Waals surface area contributed by atoms with Crippen molar-refractivity contribution >= 4 is 12.4 Å². The summed E-state index contributed by atoms with van der Waals surface area (Å²) in [6, 6.07) is -0.233. The molecule has 0 aliphatic carbocycles. The van der Waals surface area contributed by atoms with Crippen molar-refractivity contribution in [2.75, 3.05) is 19.8 Å². The Kier molecular flexibility index (Phi) is 4.69. The lowest BCUT2D eigenvalue weighted by molar-refractivity contribution is -0.104. The van der Waals surface area contributed by atoms with E-state index < -0.39 is 5.60 Å². The molecule has 1 atom stereocenters. The molecule has 1 heterocycles. The van der Waals surface area contributed by atoms with Crippen molar-refractivity contribution in [3.63, 3.8) is 0 Å². The molecule has 17 heavy (non-hydrogen) atoms. The van der Waals surface area contributed by atoms with Crippen LogP contribution in [-0.2, 0) is 14.3 Å². The zero-order chi connectivity index (χ0) is 12.9. The minimum atomic E-state index is -0.520. The van der Waals surface area contributed by atoms with Gasteiger partial charge in [0.25, 0.3) is 0 Å². The van der Waals surface area contributed by atoms with Crippen molar-refractivity contribution in [2.24, 2.45) is 0 Å². The van der Waals surface area contributed by atoms with Gasteiger partial charge in [0.1, 0.15) is 11.9 Å². The van der Waals surface area contributed by atoms with Gasteiger partial charge in [-0.2, -0.15) is 0 Å². The fourth-order valence-electron chi connectivity index (χ4n) is 1.50. The molecule has 0 bridgehead atoms. The summed E-state index contributed by atoms with van der Waals surface area (Å²) in [5.41, 5.74) is -0.520. The lowest BCUT2D eigenvalue weighted by atomic mass is 10.2. The first-order valence-corrected chi connectivity index (χ1v) is 5.63. The number of aldehydes is 1. The topological polar surface area (TPSA) is 55.8 Å². The van der Waals surface area contributed by atoms with E-state index >= 15 is 0 Å². The van der Waals surface area contributed by atoms with E-state index in [0.717, 1.165) is 0 Å². The largest absolute Gasteiger partial charge is 0.444 e. The molecule has 96 valence electrons. The van der Waals surface area contributed by atoms with Crippen LogP contribution in [0.25, 0.3) is 0 Å². The molecule has 1 amide bonds. The average Bonchev–Trinajstić information content (AvgIpc) is 2.24. The second kappa shape index (κ2) is 5.82. The summed E-state index contributed by atoms with van der Waals surface area (Å²) >= 11 is 0. The Balaban J connectivity index is 2.67. The van der Waals surface area contributed by atoms with Crippen LogP contribution < -0.4 is 0 Å². The normalized spacial score (nSPS) is 21.6. The van der Waals surface area contributed by atoms with Gasteiger partial charge in [0, 0.05) is 6.54 Å². The molecule has 1 fully saturated rings. The second-order valence-electron chi connectivity index (χ2n) is 4.84. The molecule has 1 rings (SSSR count). The van der Waals surface area contributed by atoms with E-state index in [2.05, 4.69) is 0 Å². The van der Waals surface area contributed by atoms with Gasteiger partial charge >= 0.3 is 6.09 Å². The van der Waals surface area contributed by atoms with Gasteiger partial charge in [0.2, 0.25) is 0 Å². The third-order valence-corrected chi connectivity index (χ3v) is 2.21. The van der Waals surface area contributed by atoms with E-state index in [0.29, 0.717) is 26.0 Å². The number of ether oxygens (including phenoxy) is 2. The third kappa shape index (κ3) is 4.56. The Morgan fingerprint density at radius 2 is 2.18 bits per heavy atom. The number of hydrogen-bond donors (Lipinski definition) is 0. The molecule has 5 nitrogen and oxygen atoms in total. The zero-order valence-corrected chi connectivity index (χ0v) is 10.5. The molecule has 5 heteroatoms. The Labute approximate surface area is 101 Å². The summed E-state index contributed by atoms with van der Waals surface area (Å²) in [7, 11) is 0. The van der Waals surface area contributed by atoms with E-state index in [1.54, 1.807) is 11.0 Å². The molecule has 1 saturated heterocycles. The van der Waals surface area contributed by atoms with Gasteiger partial charge in [-0.1, -0.05) is 6.08 Å². The average molecular weight is 241 g/mol. The summed E-state index contributed by atoms with van der Waals surface area (Å²) in [6.45, 7) is 6.82. The van der Waals surface area contributed by atoms with Crippen LogP contribution in [0.15, 0.2) is 12.2 Å². The van der Waals surface area contributed by atoms with Gasteiger partial charge in [-0.15, -0.1) is 0 Å². The maximum absolute atomic E-state index is 11.9. The van der Waals surface area contributed by atoms with Gasteiger partial charge < -0.3 is 9.47 Å². The number of allylic oxidation sites excluding steroid dienone is 1.